The molecule has 0 radical (unpaired) electrons. The summed E-state index contributed by atoms with van der Waals surface area (Å²) in [6.07, 6.45) is 7.08. The van der Waals surface area contributed by atoms with Crippen LogP contribution in [0.3, 0.4) is 0 Å². The van der Waals surface area contributed by atoms with Gasteiger partial charge < -0.3 is 4.90 Å². The molecular weight excluding hydrogens is 317 g/mol. The van der Waals surface area contributed by atoms with Gasteiger partial charge in [0, 0.05) is 24.7 Å². The van der Waals surface area contributed by atoms with Crippen LogP contribution in [-0.4, -0.2) is 34.1 Å². The lowest BCUT2D eigenvalue weighted by atomic mass is 9.86. The molecule has 0 unspecified atom stereocenters. The summed E-state index contributed by atoms with van der Waals surface area (Å²) >= 11 is 0. The molecule has 1 aromatic carbocycles. The fourth-order valence-corrected chi connectivity index (χ4v) is 4.14. The van der Waals surface area contributed by atoms with Gasteiger partial charge in [-0.3, -0.25) is 9.89 Å². The number of aryl methyl sites for hydroxylation is 1. The van der Waals surface area contributed by atoms with Crippen molar-refractivity contribution in [2.24, 2.45) is 0 Å². The van der Waals surface area contributed by atoms with E-state index >= 15 is 0 Å². The van der Waals surface area contributed by atoms with Crippen LogP contribution < -0.4 is 0 Å². The van der Waals surface area contributed by atoms with E-state index in [1.807, 2.05) is 4.90 Å². The third-order valence-corrected chi connectivity index (χ3v) is 5.60. The molecule has 0 bridgehead atoms. The highest BCUT2D eigenvalue weighted by atomic mass is 19.1. The molecule has 2 heterocycles. The van der Waals surface area contributed by atoms with Crippen LogP contribution in [0.25, 0.3) is 0 Å². The highest BCUT2D eigenvalue weighted by Crippen LogP contribution is 2.33. The monoisotopic (exact) mass is 341 g/mol. The van der Waals surface area contributed by atoms with Crippen LogP contribution >= 0.6 is 0 Å². The summed E-state index contributed by atoms with van der Waals surface area (Å²) in [5.41, 5.74) is 4.90. The number of carbonyl (C=O) groups excluding carboxylic acids is 1. The largest absolute Gasteiger partial charge is 0.342 e. The fourth-order valence-electron chi connectivity index (χ4n) is 4.14. The average Bonchev–Trinajstić information content (AvgIpc) is 3.08. The number of H-pyrrole nitrogens is 1. The Morgan fingerprint density at radius 3 is 2.64 bits per heavy atom. The summed E-state index contributed by atoms with van der Waals surface area (Å²) in [6.45, 7) is 1.58. The van der Waals surface area contributed by atoms with Gasteiger partial charge in [-0.15, -0.1) is 0 Å². The first-order valence-corrected chi connectivity index (χ1v) is 9.29. The first-order valence-electron chi connectivity index (χ1n) is 9.29. The zero-order valence-corrected chi connectivity index (χ0v) is 14.4. The molecule has 1 aliphatic heterocycles. The van der Waals surface area contributed by atoms with Crippen molar-refractivity contribution in [2.45, 2.75) is 50.9 Å². The van der Waals surface area contributed by atoms with Crippen molar-refractivity contribution in [2.75, 3.05) is 13.1 Å². The van der Waals surface area contributed by atoms with E-state index in [1.165, 1.54) is 41.9 Å². The lowest BCUT2D eigenvalue weighted by molar-refractivity contribution is -0.131. The van der Waals surface area contributed by atoms with Crippen molar-refractivity contribution in [1.82, 2.24) is 15.1 Å². The Bertz CT molecular complexity index is 745. The second kappa shape index (κ2) is 6.98. The second-order valence-corrected chi connectivity index (χ2v) is 7.23. The minimum absolute atomic E-state index is 0.136. The van der Waals surface area contributed by atoms with E-state index in [1.54, 1.807) is 12.1 Å². The third kappa shape index (κ3) is 3.46. The summed E-state index contributed by atoms with van der Waals surface area (Å²) in [5.74, 6) is 0.362. The standard InChI is InChI=1S/C20H24FN3O/c21-16-7-5-14(6-8-16)13-19(25)24-11-9-15(10-12-24)20-17-3-1-2-4-18(17)22-23-20/h5-8,15H,1-4,9-13H2,(H,22,23). The molecule has 0 spiro atoms. The van der Waals surface area contributed by atoms with Crippen LogP contribution in [0.1, 0.15) is 54.1 Å². The Balaban J connectivity index is 1.35. The highest BCUT2D eigenvalue weighted by molar-refractivity contribution is 5.78. The second-order valence-electron chi connectivity index (χ2n) is 7.23. The smallest absolute Gasteiger partial charge is 0.226 e. The van der Waals surface area contributed by atoms with Gasteiger partial charge in [0.1, 0.15) is 5.82 Å². The number of carbonyl (C=O) groups is 1. The minimum atomic E-state index is -0.264. The van der Waals surface area contributed by atoms with E-state index in [2.05, 4.69) is 10.2 Å². The molecule has 1 aliphatic carbocycles. The lowest BCUT2D eigenvalue weighted by Gasteiger charge is -2.32. The van der Waals surface area contributed by atoms with Crippen molar-refractivity contribution in [3.63, 3.8) is 0 Å². The van der Waals surface area contributed by atoms with Crippen molar-refractivity contribution in [3.8, 4) is 0 Å². The average molecular weight is 341 g/mol. The van der Waals surface area contributed by atoms with Gasteiger partial charge in [-0.25, -0.2) is 4.39 Å². The maximum Gasteiger partial charge on any atom is 0.226 e. The van der Waals surface area contributed by atoms with E-state index in [4.69, 9.17) is 0 Å². The SMILES string of the molecule is O=C(Cc1ccc(F)cc1)N1CCC(c2[nH]nc3c2CCCC3)CC1. The van der Waals surface area contributed by atoms with E-state index in [0.29, 0.717) is 12.3 Å². The molecular formula is C20H24FN3O. The number of likely N-dealkylation sites (tertiary alicyclic amines) is 1. The van der Waals surface area contributed by atoms with Gasteiger partial charge in [0.15, 0.2) is 0 Å². The molecule has 1 fully saturated rings. The molecule has 5 heteroatoms. The Morgan fingerprint density at radius 1 is 1.16 bits per heavy atom. The van der Waals surface area contributed by atoms with Gasteiger partial charge >= 0.3 is 0 Å². The number of hydrogen-bond donors (Lipinski definition) is 1. The van der Waals surface area contributed by atoms with Gasteiger partial charge in [0.05, 0.1) is 12.1 Å². The quantitative estimate of drug-likeness (QED) is 0.930. The Kier molecular flexibility index (Phi) is 4.55. The van der Waals surface area contributed by atoms with Crippen molar-refractivity contribution >= 4 is 5.91 Å². The molecule has 1 saturated heterocycles. The minimum Gasteiger partial charge on any atom is -0.342 e. The molecule has 1 aromatic heterocycles. The molecule has 1 amide bonds. The number of halogens is 1. The van der Waals surface area contributed by atoms with Crippen LogP contribution in [0.2, 0.25) is 0 Å². The topological polar surface area (TPSA) is 49.0 Å². The molecule has 4 nitrogen and oxygen atoms in total. The fraction of sp³-hybridized carbons (Fsp3) is 0.500. The summed E-state index contributed by atoms with van der Waals surface area (Å²) in [7, 11) is 0. The van der Waals surface area contributed by atoms with E-state index < -0.39 is 0 Å². The molecule has 2 aliphatic rings. The van der Waals surface area contributed by atoms with Crippen LogP contribution in [-0.2, 0) is 24.1 Å². The van der Waals surface area contributed by atoms with Crippen molar-refractivity contribution < 1.29 is 9.18 Å². The van der Waals surface area contributed by atoms with Crippen LogP contribution in [0.15, 0.2) is 24.3 Å². The summed E-state index contributed by atoms with van der Waals surface area (Å²) in [6, 6.07) is 6.21. The normalized spacial score (nSPS) is 18.2. The first-order chi connectivity index (χ1) is 12.2. The Hall–Kier alpha value is -2.17. The van der Waals surface area contributed by atoms with Crippen LogP contribution in [0.4, 0.5) is 4.39 Å². The molecule has 132 valence electrons. The number of aromatic amines is 1. The van der Waals surface area contributed by atoms with Gasteiger partial charge in [0.2, 0.25) is 5.91 Å². The Labute approximate surface area is 147 Å². The van der Waals surface area contributed by atoms with Crippen molar-refractivity contribution in [1.29, 1.82) is 0 Å². The van der Waals surface area contributed by atoms with E-state index in [9.17, 15) is 9.18 Å². The highest BCUT2D eigenvalue weighted by Gasteiger charge is 2.28. The number of nitrogens with one attached hydrogen (secondary N) is 1. The summed E-state index contributed by atoms with van der Waals surface area (Å²) in [4.78, 5) is 14.4. The molecule has 1 N–H and O–H groups in total. The van der Waals surface area contributed by atoms with Gasteiger partial charge in [-0.2, -0.15) is 5.10 Å². The zero-order chi connectivity index (χ0) is 17.2. The van der Waals surface area contributed by atoms with E-state index in [0.717, 1.165) is 44.3 Å². The predicted molar refractivity (Wildman–Crippen MR) is 93.9 cm³/mol. The van der Waals surface area contributed by atoms with Gasteiger partial charge in [-0.1, -0.05) is 12.1 Å². The molecule has 0 atom stereocenters. The predicted octanol–water partition coefficient (Wildman–Crippen LogP) is 3.38. The van der Waals surface area contributed by atoms with Crippen molar-refractivity contribution in [3.05, 3.63) is 52.6 Å². The first kappa shape index (κ1) is 16.3. The number of rotatable bonds is 3. The Morgan fingerprint density at radius 2 is 1.88 bits per heavy atom. The molecule has 4 rings (SSSR count). The van der Waals surface area contributed by atoms with Gasteiger partial charge in [0.25, 0.3) is 0 Å². The number of hydrogen-bond acceptors (Lipinski definition) is 2. The van der Waals surface area contributed by atoms with Gasteiger partial charge in [-0.05, 0) is 61.8 Å². The molecule has 25 heavy (non-hydrogen) atoms. The zero-order valence-electron chi connectivity index (χ0n) is 14.4. The van der Waals surface area contributed by atoms with E-state index in [-0.39, 0.29) is 11.7 Å². The number of amides is 1. The summed E-state index contributed by atoms with van der Waals surface area (Å²) < 4.78 is 13.0. The molecule has 2 aromatic rings. The lowest BCUT2D eigenvalue weighted by Crippen LogP contribution is -2.39. The van der Waals surface area contributed by atoms with Crippen LogP contribution in [0.5, 0.6) is 0 Å². The maximum absolute atomic E-state index is 13.0. The van der Waals surface area contributed by atoms with Crippen LogP contribution in [0, 0.1) is 5.82 Å². The summed E-state index contributed by atoms with van der Waals surface area (Å²) in [5, 5.41) is 7.80. The number of benzene rings is 1. The number of piperidine rings is 1. The number of aromatic nitrogens is 2. The number of nitrogens with zero attached hydrogens (tertiary/aromatic N) is 2. The third-order valence-electron chi connectivity index (χ3n) is 5.60. The number of fused-ring (bicyclic) bond motifs is 1. The maximum atomic E-state index is 13.0. The molecule has 0 saturated carbocycles.